The first-order valence-electron chi connectivity index (χ1n) is 11.2. The first-order chi connectivity index (χ1) is 15.6. The Morgan fingerprint density at radius 2 is 2.03 bits per heavy atom. The fourth-order valence-corrected chi connectivity index (χ4v) is 4.14. The molecular formula is C23H29N9. The summed E-state index contributed by atoms with van der Waals surface area (Å²) in [6.45, 7) is 9.85. The highest BCUT2D eigenvalue weighted by atomic mass is 15.4. The molecule has 0 aliphatic carbocycles. The van der Waals surface area contributed by atoms with Crippen molar-refractivity contribution in [2.24, 2.45) is 0 Å². The summed E-state index contributed by atoms with van der Waals surface area (Å²) in [5.74, 6) is 1.76. The average Bonchev–Trinajstić information content (AvgIpc) is 3.48. The maximum absolute atomic E-state index is 4.94. The van der Waals surface area contributed by atoms with Gasteiger partial charge in [-0.1, -0.05) is 32.0 Å². The van der Waals surface area contributed by atoms with E-state index in [1.165, 1.54) is 0 Å². The molecule has 1 unspecified atom stereocenters. The van der Waals surface area contributed by atoms with Gasteiger partial charge in [-0.3, -0.25) is 0 Å². The number of fused-ring (bicyclic) bond motifs is 1. The van der Waals surface area contributed by atoms with Gasteiger partial charge in [0, 0.05) is 50.2 Å². The number of hydrogen-bond donors (Lipinski definition) is 2. The van der Waals surface area contributed by atoms with Gasteiger partial charge < -0.3 is 15.5 Å². The van der Waals surface area contributed by atoms with Crippen LogP contribution in [0.1, 0.15) is 37.8 Å². The van der Waals surface area contributed by atoms with E-state index in [-0.39, 0.29) is 0 Å². The van der Waals surface area contributed by atoms with Gasteiger partial charge in [0.25, 0.3) is 0 Å². The van der Waals surface area contributed by atoms with E-state index in [1.807, 2.05) is 39.8 Å². The van der Waals surface area contributed by atoms with E-state index in [4.69, 9.17) is 9.97 Å². The lowest BCUT2D eigenvalue weighted by atomic mass is 10.1. The van der Waals surface area contributed by atoms with Crippen molar-refractivity contribution in [3.8, 4) is 5.69 Å². The standard InChI is InChI=1S/C23H29N9/c1-16(2)19-15-27-32-21(19)28-23(30-12-10-24-13-17(30)3)29-22(32)25-14-18-7-4-5-8-20(18)31-11-6-9-26-31/h4-9,11,15-17,24H,10,12-14H2,1-3H3,(H,25,28,29). The summed E-state index contributed by atoms with van der Waals surface area (Å²) in [6.07, 6.45) is 5.65. The number of nitrogens with one attached hydrogen (secondary N) is 2. The molecule has 1 aromatic carbocycles. The van der Waals surface area contributed by atoms with Crippen LogP contribution in [-0.2, 0) is 6.54 Å². The zero-order chi connectivity index (χ0) is 22.1. The van der Waals surface area contributed by atoms with Gasteiger partial charge in [-0.05, 0) is 30.5 Å². The minimum Gasteiger partial charge on any atom is -0.350 e. The van der Waals surface area contributed by atoms with Crippen molar-refractivity contribution >= 4 is 17.5 Å². The number of para-hydroxylation sites is 1. The third kappa shape index (κ3) is 3.80. The summed E-state index contributed by atoms with van der Waals surface area (Å²) in [5.41, 5.74) is 4.14. The molecule has 9 nitrogen and oxygen atoms in total. The van der Waals surface area contributed by atoms with Gasteiger partial charge in [-0.25, -0.2) is 4.68 Å². The van der Waals surface area contributed by atoms with Crippen molar-refractivity contribution in [2.45, 2.75) is 39.3 Å². The Bertz CT molecular complexity index is 1200. The van der Waals surface area contributed by atoms with Gasteiger partial charge in [0.2, 0.25) is 11.9 Å². The Kier molecular flexibility index (Phi) is 5.48. The predicted octanol–water partition coefficient (Wildman–Crippen LogP) is 2.84. The van der Waals surface area contributed by atoms with Gasteiger partial charge in [-0.2, -0.15) is 24.7 Å². The Morgan fingerprint density at radius 1 is 1.16 bits per heavy atom. The maximum atomic E-state index is 4.94. The fraction of sp³-hybridized carbons (Fsp3) is 0.391. The zero-order valence-electron chi connectivity index (χ0n) is 18.7. The molecular weight excluding hydrogens is 402 g/mol. The van der Waals surface area contributed by atoms with E-state index in [0.29, 0.717) is 24.5 Å². The summed E-state index contributed by atoms with van der Waals surface area (Å²) in [5, 5.41) is 16.0. The lowest BCUT2D eigenvalue weighted by molar-refractivity contribution is 0.492. The van der Waals surface area contributed by atoms with Crippen molar-refractivity contribution < 1.29 is 0 Å². The lowest BCUT2D eigenvalue weighted by Gasteiger charge is -2.34. The minimum atomic E-state index is 0.323. The van der Waals surface area contributed by atoms with Crippen LogP contribution < -0.4 is 15.5 Å². The second-order valence-electron chi connectivity index (χ2n) is 8.52. The second-order valence-corrected chi connectivity index (χ2v) is 8.52. The summed E-state index contributed by atoms with van der Waals surface area (Å²) < 4.78 is 3.70. The quantitative estimate of drug-likeness (QED) is 0.485. The molecule has 1 aliphatic rings. The van der Waals surface area contributed by atoms with Gasteiger partial charge in [-0.15, -0.1) is 0 Å². The molecule has 0 amide bonds. The van der Waals surface area contributed by atoms with E-state index in [9.17, 15) is 0 Å². The van der Waals surface area contributed by atoms with Crippen molar-refractivity contribution in [2.75, 3.05) is 29.9 Å². The molecule has 9 heteroatoms. The Labute approximate surface area is 187 Å². The summed E-state index contributed by atoms with van der Waals surface area (Å²) in [4.78, 5) is 12.1. The molecule has 32 heavy (non-hydrogen) atoms. The van der Waals surface area contributed by atoms with Crippen LogP contribution in [-0.4, -0.2) is 55.0 Å². The third-order valence-electron chi connectivity index (χ3n) is 5.94. The number of piperazine rings is 1. The van der Waals surface area contributed by atoms with E-state index >= 15 is 0 Å². The molecule has 0 spiro atoms. The Balaban J connectivity index is 1.52. The van der Waals surface area contributed by atoms with Gasteiger partial charge >= 0.3 is 0 Å². The number of rotatable bonds is 6. The highest BCUT2D eigenvalue weighted by molar-refractivity contribution is 5.57. The van der Waals surface area contributed by atoms with Crippen molar-refractivity contribution in [3.63, 3.8) is 0 Å². The molecule has 2 N–H and O–H groups in total. The first kappa shape index (κ1) is 20.4. The molecule has 1 saturated heterocycles. The highest BCUT2D eigenvalue weighted by Gasteiger charge is 2.23. The number of benzene rings is 1. The second kappa shape index (κ2) is 8.58. The summed E-state index contributed by atoms with van der Waals surface area (Å²) >= 11 is 0. The molecule has 4 aromatic rings. The molecule has 4 heterocycles. The molecule has 3 aromatic heterocycles. The molecule has 0 radical (unpaired) electrons. The van der Waals surface area contributed by atoms with Gasteiger partial charge in [0.05, 0.1) is 11.9 Å². The van der Waals surface area contributed by atoms with Crippen LogP contribution in [0.15, 0.2) is 48.9 Å². The fourth-order valence-electron chi connectivity index (χ4n) is 4.14. The maximum Gasteiger partial charge on any atom is 0.231 e. The number of aromatic nitrogens is 6. The van der Waals surface area contributed by atoms with Crippen LogP contribution in [0, 0.1) is 0 Å². The van der Waals surface area contributed by atoms with E-state index in [1.54, 1.807) is 6.20 Å². The number of anilines is 2. The van der Waals surface area contributed by atoms with E-state index in [0.717, 1.165) is 48.0 Å². The van der Waals surface area contributed by atoms with Gasteiger partial charge in [0.15, 0.2) is 5.65 Å². The van der Waals surface area contributed by atoms with Crippen LogP contribution in [0.2, 0.25) is 0 Å². The van der Waals surface area contributed by atoms with E-state index < -0.39 is 0 Å². The average molecular weight is 432 g/mol. The van der Waals surface area contributed by atoms with Crippen LogP contribution in [0.25, 0.3) is 11.3 Å². The summed E-state index contributed by atoms with van der Waals surface area (Å²) in [7, 11) is 0. The topological polar surface area (TPSA) is 88.2 Å². The Hall–Kier alpha value is -3.46. The van der Waals surface area contributed by atoms with Crippen molar-refractivity contribution in [1.82, 2.24) is 34.7 Å². The third-order valence-corrected chi connectivity index (χ3v) is 5.94. The normalized spacial score (nSPS) is 16.8. The smallest absolute Gasteiger partial charge is 0.231 e. The SMILES string of the molecule is CC(C)c1cnn2c(NCc3ccccc3-n3cccn3)nc(N3CCNCC3C)nc12. The molecule has 5 rings (SSSR count). The monoisotopic (exact) mass is 431 g/mol. The lowest BCUT2D eigenvalue weighted by Crippen LogP contribution is -2.50. The highest BCUT2D eigenvalue weighted by Crippen LogP contribution is 2.25. The molecule has 1 fully saturated rings. The first-order valence-corrected chi connectivity index (χ1v) is 11.2. The summed E-state index contributed by atoms with van der Waals surface area (Å²) in [6, 6.07) is 10.5. The predicted molar refractivity (Wildman–Crippen MR) is 125 cm³/mol. The molecule has 166 valence electrons. The van der Waals surface area contributed by atoms with Crippen molar-refractivity contribution in [3.05, 3.63) is 60.0 Å². The van der Waals surface area contributed by atoms with Crippen LogP contribution in [0.4, 0.5) is 11.9 Å². The Morgan fingerprint density at radius 3 is 2.81 bits per heavy atom. The van der Waals surface area contributed by atoms with Crippen LogP contribution >= 0.6 is 0 Å². The van der Waals surface area contributed by atoms with Gasteiger partial charge in [0.1, 0.15) is 0 Å². The number of nitrogens with zero attached hydrogens (tertiary/aromatic N) is 7. The zero-order valence-corrected chi connectivity index (χ0v) is 18.7. The van der Waals surface area contributed by atoms with E-state index in [2.05, 4.69) is 58.6 Å². The molecule has 0 saturated carbocycles. The largest absolute Gasteiger partial charge is 0.350 e. The van der Waals surface area contributed by atoms with Crippen LogP contribution in [0.3, 0.4) is 0 Å². The molecule has 1 aliphatic heterocycles. The number of hydrogen-bond acceptors (Lipinski definition) is 7. The molecule has 0 bridgehead atoms. The van der Waals surface area contributed by atoms with Crippen molar-refractivity contribution in [1.29, 1.82) is 0 Å². The van der Waals surface area contributed by atoms with Crippen LogP contribution in [0.5, 0.6) is 0 Å². The minimum absolute atomic E-state index is 0.323. The molecule has 1 atom stereocenters.